The van der Waals surface area contributed by atoms with E-state index < -0.39 is 11.9 Å². The third-order valence-electron chi connectivity index (χ3n) is 1.78. The van der Waals surface area contributed by atoms with Crippen molar-refractivity contribution >= 4 is 0 Å². The van der Waals surface area contributed by atoms with Crippen LogP contribution in [0.5, 0.6) is 5.75 Å². The van der Waals surface area contributed by atoms with E-state index in [9.17, 15) is 4.39 Å². The van der Waals surface area contributed by atoms with Gasteiger partial charge in [-0.3, -0.25) is 0 Å². The van der Waals surface area contributed by atoms with Crippen molar-refractivity contribution in [2.75, 3.05) is 7.11 Å². The Morgan fingerprint density at radius 1 is 1.53 bits per heavy atom. The van der Waals surface area contributed by atoms with Gasteiger partial charge in [-0.15, -0.1) is 0 Å². The molecule has 15 heavy (non-hydrogen) atoms. The van der Waals surface area contributed by atoms with Crippen LogP contribution >= 0.6 is 0 Å². The molecule has 0 fully saturated rings. The van der Waals surface area contributed by atoms with Crippen molar-refractivity contribution < 1.29 is 14.2 Å². The minimum absolute atomic E-state index is 0.205. The second-order valence-electron chi connectivity index (χ2n) is 3.20. The number of ether oxygens (including phenoxy) is 1. The van der Waals surface area contributed by atoms with Crippen molar-refractivity contribution in [2.45, 2.75) is 19.4 Å². The Hall–Kier alpha value is -1.53. The summed E-state index contributed by atoms with van der Waals surface area (Å²) < 4.78 is 18.0. The Kier molecular flexibility index (Phi) is 4.14. The molecule has 0 aliphatic rings. The van der Waals surface area contributed by atoms with Crippen LogP contribution in [0.1, 0.15) is 18.9 Å². The maximum Gasteiger partial charge on any atom is 0.166 e. The molecule has 1 atom stereocenters. The molecule has 0 heterocycles. The third kappa shape index (κ3) is 3.61. The van der Waals surface area contributed by atoms with Crippen LogP contribution in [0, 0.1) is 17.7 Å². The molecular weight excluding hydrogens is 195 g/mol. The van der Waals surface area contributed by atoms with Gasteiger partial charge in [-0.05, 0) is 25.1 Å². The van der Waals surface area contributed by atoms with Gasteiger partial charge in [-0.25, -0.2) is 4.39 Å². The quantitative estimate of drug-likeness (QED) is 0.753. The van der Waals surface area contributed by atoms with Crippen molar-refractivity contribution in [3.63, 3.8) is 0 Å². The van der Waals surface area contributed by atoms with Crippen molar-refractivity contribution in [3.05, 3.63) is 29.6 Å². The fourth-order valence-corrected chi connectivity index (χ4v) is 1.04. The summed E-state index contributed by atoms with van der Waals surface area (Å²) in [6.45, 7) is 1.66. The molecule has 1 N–H and O–H groups in total. The summed E-state index contributed by atoms with van der Waals surface area (Å²) >= 11 is 0. The third-order valence-corrected chi connectivity index (χ3v) is 1.78. The summed E-state index contributed by atoms with van der Waals surface area (Å²) in [5.74, 6) is 5.30. The van der Waals surface area contributed by atoms with Crippen LogP contribution in [-0.4, -0.2) is 18.3 Å². The van der Waals surface area contributed by atoms with E-state index in [4.69, 9.17) is 9.84 Å². The number of methoxy groups -OCH3 is 1. The number of rotatable bonds is 2. The van der Waals surface area contributed by atoms with Crippen molar-refractivity contribution in [1.82, 2.24) is 0 Å². The first kappa shape index (κ1) is 11.5. The van der Waals surface area contributed by atoms with Crippen molar-refractivity contribution in [1.29, 1.82) is 0 Å². The highest BCUT2D eigenvalue weighted by Crippen LogP contribution is 2.16. The summed E-state index contributed by atoms with van der Waals surface area (Å²) in [7, 11) is 1.41. The van der Waals surface area contributed by atoms with Gasteiger partial charge in [0.25, 0.3) is 0 Å². The molecule has 0 amide bonds. The van der Waals surface area contributed by atoms with Crippen LogP contribution in [-0.2, 0) is 0 Å². The fourth-order valence-electron chi connectivity index (χ4n) is 1.04. The van der Waals surface area contributed by atoms with Gasteiger partial charge in [-0.2, -0.15) is 0 Å². The molecule has 0 bridgehead atoms. The summed E-state index contributed by atoms with van der Waals surface area (Å²) in [6, 6.07) is 4.52. The Morgan fingerprint density at radius 2 is 2.27 bits per heavy atom. The van der Waals surface area contributed by atoms with Gasteiger partial charge in [0.2, 0.25) is 0 Å². The molecule has 0 aromatic heterocycles. The van der Waals surface area contributed by atoms with Gasteiger partial charge < -0.3 is 9.84 Å². The van der Waals surface area contributed by atoms with Crippen LogP contribution in [0.3, 0.4) is 0 Å². The Labute approximate surface area is 88.7 Å². The molecule has 0 saturated heterocycles. The van der Waals surface area contributed by atoms with Crippen LogP contribution in [0.25, 0.3) is 0 Å². The second-order valence-corrected chi connectivity index (χ2v) is 3.20. The topological polar surface area (TPSA) is 29.5 Å². The molecule has 1 unspecified atom stereocenters. The number of hydrogen-bond acceptors (Lipinski definition) is 2. The van der Waals surface area contributed by atoms with Gasteiger partial charge in [0, 0.05) is 12.0 Å². The molecule has 1 rings (SSSR count). The summed E-state index contributed by atoms with van der Waals surface area (Å²) in [5, 5.41) is 8.97. The maximum absolute atomic E-state index is 13.2. The molecular formula is C12H13FO2. The Bertz CT molecular complexity index is 388. The molecule has 1 aromatic rings. The zero-order valence-electron chi connectivity index (χ0n) is 8.75. The number of benzene rings is 1. The lowest BCUT2D eigenvalue weighted by Crippen LogP contribution is -1.95. The number of aliphatic hydroxyl groups is 1. The molecule has 3 heteroatoms. The normalized spacial score (nSPS) is 11.5. The van der Waals surface area contributed by atoms with Crippen LogP contribution in [0.2, 0.25) is 0 Å². The second kappa shape index (κ2) is 5.38. The van der Waals surface area contributed by atoms with Crippen LogP contribution < -0.4 is 4.74 Å². The summed E-state index contributed by atoms with van der Waals surface area (Å²) in [4.78, 5) is 0. The van der Waals surface area contributed by atoms with E-state index in [1.54, 1.807) is 13.0 Å². The van der Waals surface area contributed by atoms with Crippen LogP contribution in [0.4, 0.5) is 4.39 Å². The molecule has 0 aliphatic heterocycles. The maximum atomic E-state index is 13.2. The van der Waals surface area contributed by atoms with Gasteiger partial charge in [-0.1, -0.05) is 11.8 Å². The Balaban J connectivity index is 2.78. The van der Waals surface area contributed by atoms with E-state index in [0.29, 0.717) is 12.0 Å². The number of aliphatic hydroxyl groups excluding tert-OH is 1. The van der Waals surface area contributed by atoms with E-state index in [1.807, 2.05) is 0 Å². The molecule has 1 aromatic carbocycles. The average Bonchev–Trinajstić information content (AvgIpc) is 2.17. The average molecular weight is 208 g/mol. The zero-order chi connectivity index (χ0) is 11.3. The first-order chi connectivity index (χ1) is 7.13. The predicted molar refractivity (Wildman–Crippen MR) is 56.1 cm³/mol. The number of halogens is 1. The van der Waals surface area contributed by atoms with Crippen molar-refractivity contribution in [2.24, 2.45) is 0 Å². The summed E-state index contributed by atoms with van der Waals surface area (Å²) in [6.07, 6.45) is -0.0752. The van der Waals surface area contributed by atoms with Gasteiger partial charge in [0.15, 0.2) is 11.6 Å². The highest BCUT2D eigenvalue weighted by atomic mass is 19.1. The smallest absolute Gasteiger partial charge is 0.166 e. The first-order valence-electron chi connectivity index (χ1n) is 4.64. The van der Waals surface area contributed by atoms with E-state index in [1.165, 1.54) is 19.2 Å². The van der Waals surface area contributed by atoms with Gasteiger partial charge in [0.05, 0.1) is 13.2 Å². The highest BCUT2D eigenvalue weighted by molar-refractivity contribution is 5.39. The summed E-state index contributed by atoms with van der Waals surface area (Å²) in [5.41, 5.74) is 0.578. The molecule has 80 valence electrons. The molecule has 2 nitrogen and oxygen atoms in total. The lowest BCUT2D eigenvalue weighted by Gasteiger charge is -2.00. The lowest BCUT2D eigenvalue weighted by molar-refractivity contribution is 0.201. The highest BCUT2D eigenvalue weighted by Gasteiger charge is 2.01. The molecule has 0 aliphatic carbocycles. The Morgan fingerprint density at radius 3 is 2.80 bits per heavy atom. The SMILES string of the molecule is COc1ccc(C#CCC(C)O)cc1F. The minimum atomic E-state index is -0.458. The van der Waals surface area contributed by atoms with Crippen LogP contribution in [0.15, 0.2) is 18.2 Å². The minimum Gasteiger partial charge on any atom is -0.494 e. The van der Waals surface area contributed by atoms with E-state index >= 15 is 0 Å². The van der Waals surface area contributed by atoms with Crippen molar-refractivity contribution in [3.8, 4) is 17.6 Å². The molecule has 0 saturated carbocycles. The predicted octanol–water partition coefficient (Wildman–Crippen LogP) is 1.96. The number of hydrogen-bond donors (Lipinski definition) is 1. The molecule has 0 radical (unpaired) electrons. The zero-order valence-corrected chi connectivity index (χ0v) is 8.75. The van der Waals surface area contributed by atoms with Gasteiger partial charge >= 0.3 is 0 Å². The van der Waals surface area contributed by atoms with Gasteiger partial charge in [0.1, 0.15) is 0 Å². The largest absolute Gasteiger partial charge is 0.494 e. The first-order valence-corrected chi connectivity index (χ1v) is 4.64. The monoisotopic (exact) mass is 208 g/mol. The fraction of sp³-hybridized carbons (Fsp3) is 0.333. The van der Waals surface area contributed by atoms with E-state index in [2.05, 4.69) is 11.8 Å². The standard InChI is InChI=1S/C12H13FO2/c1-9(14)4-3-5-10-6-7-12(15-2)11(13)8-10/h6-9,14H,4H2,1-2H3. The molecule has 0 spiro atoms. The lowest BCUT2D eigenvalue weighted by atomic mass is 10.2. The van der Waals surface area contributed by atoms with E-state index in [0.717, 1.165) is 0 Å². The van der Waals surface area contributed by atoms with E-state index in [-0.39, 0.29) is 5.75 Å².